The van der Waals surface area contributed by atoms with Gasteiger partial charge in [-0.25, -0.2) is 9.18 Å². The number of aromatic carboxylic acids is 1. The van der Waals surface area contributed by atoms with E-state index in [4.69, 9.17) is 9.15 Å². The number of hydrogen-bond acceptors (Lipinski definition) is 5. The van der Waals surface area contributed by atoms with Gasteiger partial charge in [-0.2, -0.15) is 8.42 Å². The third kappa shape index (κ3) is 5.19. The van der Waals surface area contributed by atoms with E-state index in [2.05, 4.69) is 0 Å². The topological polar surface area (TPSA) is 97.0 Å². The maximum atomic E-state index is 14.3. The summed E-state index contributed by atoms with van der Waals surface area (Å²) in [5, 5.41) is 8.94. The van der Waals surface area contributed by atoms with Crippen LogP contribution >= 0.6 is 0 Å². The van der Waals surface area contributed by atoms with E-state index in [0.717, 1.165) is 45.8 Å². The summed E-state index contributed by atoms with van der Waals surface area (Å²) >= 11 is 0. The fourth-order valence-corrected chi connectivity index (χ4v) is 5.76. The molecule has 0 bridgehead atoms. The number of aryl methyl sites for hydroxylation is 4. The van der Waals surface area contributed by atoms with Gasteiger partial charge in [-0.1, -0.05) is 6.07 Å². The molecule has 1 aliphatic rings. The zero-order valence-corrected chi connectivity index (χ0v) is 20.7. The Hall–Kier alpha value is -3.33. The SMILES string of the molecule is Cc1ccc(S(=O)(=O)N(CC(C)F)c2cc3c(cc2OCc2ccc(C(=O)O)cc2C)CCC3)o1. The standard InChI is InChI=1S/C26H28FNO6S/c1-16-11-21(26(29)30)8-9-22(16)15-33-24-13-20-6-4-5-19(20)12-23(24)28(14-17(2)27)35(31,32)25-10-7-18(3)34-25/h7-13,17H,4-6,14-15H2,1-3H3,(H,29,30). The summed E-state index contributed by atoms with van der Waals surface area (Å²) in [6.45, 7) is 4.43. The molecule has 1 N–H and O–H groups in total. The molecule has 2 aromatic carbocycles. The van der Waals surface area contributed by atoms with Gasteiger partial charge in [0.25, 0.3) is 10.0 Å². The van der Waals surface area contributed by atoms with Gasteiger partial charge in [0.2, 0.25) is 5.09 Å². The smallest absolute Gasteiger partial charge is 0.335 e. The zero-order chi connectivity index (χ0) is 25.3. The number of carboxylic acid groups (broad SMARTS) is 1. The lowest BCUT2D eigenvalue weighted by Crippen LogP contribution is -2.35. The maximum Gasteiger partial charge on any atom is 0.335 e. The van der Waals surface area contributed by atoms with E-state index in [1.807, 2.05) is 6.07 Å². The average Bonchev–Trinajstić information content (AvgIpc) is 3.44. The number of benzene rings is 2. The molecule has 0 fully saturated rings. The van der Waals surface area contributed by atoms with Crippen LogP contribution in [0.25, 0.3) is 0 Å². The molecule has 186 valence electrons. The van der Waals surface area contributed by atoms with Gasteiger partial charge in [0.15, 0.2) is 0 Å². The highest BCUT2D eigenvalue weighted by Crippen LogP contribution is 2.39. The van der Waals surface area contributed by atoms with Crippen molar-refractivity contribution in [3.8, 4) is 5.75 Å². The quantitative estimate of drug-likeness (QED) is 0.432. The van der Waals surface area contributed by atoms with E-state index >= 15 is 0 Å². The van der Waals surface area contributed by atoms with Crippen LogP contribution in [0.5, 0.6) is 5.75 Å². The molecule has 0 spiro atoms. The lowest BCUT2D eigenvalue weighted by molar-refractivity contribution is 0.0696. The maximum absolute atomic E-state index is 14.3. The molecule has 1 heterocycles. The number of rotatable bonds is 9. The monoisotopic (exact) mass is 501 g/mol. The molecule has 0 aliphatic heterocycles. The molecule has 1 aromatic heterocycles. The van der Waals surface area contributed by atoms with Crippen molar-refractivity contribution in [2.75, 3.05) is 10.8 Å². The van der Waals surface area contributed by atoms with Crippen LogP contribution in [0.1, 0.15) is 51.7 Å². The van der Waals surface area contributed by atoms with Crippen LogP contribution in [0.3, 0.4) is 0 Å². The zero-order valence-electron chi connectivity index (χ0n) is 19.9. The van der Waals surface area contributed by atoms with Gasteiger partial charge in [-0.15, -0.1) is 0 Å². The number of carbonyl (C=O) groups is 1. The van der Waals surface area contributed by atoms with Crippen LogP contribution in [0.2, 0.25) is 0 Å². The van der Waals surface area contributed by atoms with E-state index in [1.165, 1.54) is 19.1 Å². The summed E-state index contributed by atoms with van der Waals surface area (Å²) in [6.07, 6.45) is 1.16. The predicted molar refractivity (Wildman–Crippen MR) is 129 cm³/mol. The first kappa shape index (κ1) is 24.8. The van der Waals surface area contributed by atoms with E-state index in [9.17, 15) is 22.7 Å². The Labute approximate surface area is 204 Å². The van der Waals surface area contributed by atoms with E-state index in [-0.39, 0.29) is 22.9 Å². The van der Waals surface area contributed by atoms with Gasteiger partial charge in [0.05, 0.1) is 17.8 Å². The number of furan rings is 1. The highest BCUT2D eigenvalue weighted by molar-refractivity contribution is 7.92. The van der Waals surface area contributed by atoms with Crippen molar-refractivity contribution >= 4 is 21.7 Å². The molecule has 4 rings (SSSR count). The molecule has 3 aromatic rings. The minimum Gasteiger partial charge on any atom is -0.487 e. The molecular weight excluding hydrogens is 473 g/mol. The number of fused-ring (bicyclic) bond motifs is 1. The Morgan fingerprint density at radius 2 is 1.86 bits per heavy atom. The summed E-state index contributed by atoms with van der Waals surface area (Å²) in [6, 6.07) is 11.3. The second kappa shape index (κ2) is 9.73. The number of sulfonamides is 1. The Bertz CT molecular complexity index is 1360. The number of halogens is 1. The number of alkyl halides is 1. The van der Waals surface area contributed by atoms with Gasteiger partial charge in [0.1, 0.15) is 24.3 Å². The van der Waals surface area contributed by atoms with Gasteiger partial charge in [0, 0.05) is 0 Å². The number of carboxylic acids is 1. The molecule has 0 saturated carbocycles. The molecule has 9 heteroatoms. The Kier molecular flexibility index (Phi) is 6.89. The minimum absolute atomic E-state index is 0.0937. The lowest BCUT2D eigenvalue weighted by Gasteiger charge is -2.27. The molecule has 1 atom stereocenters. The molecule has 0 radical (unpaired) electrons. The van der Waals surface area contributed by atoms with Crippen LogP contribution in [0.15, 0.2) is 52.0 Å². The number of nitrogens with zero attached hydrogens (tertiary/aromatic N) is 1. The Balaban J connectivity index is 1.75. The van der Waals surface area contributed by atoms with Crippen LogP contribution in [0, 0.1) is 13.8 Å². The largest absolute Gasteiger partial charge is 0.487 e. The van der Waals surface area contributed by atoms with E-state index in [0.29, 0.717) is 11.5 Å². The highest BCUT2D eigenvalue weighted by Gasteiger charge is 2.32. The first-order valence-corrected chi connectivity index (χ1v) is 12.8. The first-order chi connectivity index (χ1) is 16.6. The first-order valence-electron chi connectivity index (χ1n) is 11.4. The molecule has 1 aliphatic carbocycles. The van der Waals surface area contributed by atoms with Crippen molar-refractivity contribution in [3.63, 3.8) is 0 Å². The predicted octanol–water partition coefficient (Wildman–Crippen LogP) is 5.22. The molecule has 0 saturated heterocycles. The second-order valence-electron chi connectivity index (χ2n) is 8.86. The van der Waals surface area contributed by atoms with Crippen LogP contribution in [-0.4, -0.2) is 32.2 Å². The molecule has 0 amide bonds. The van der Waals surface area contributed by atoms with Gasteiger partial charge in [-0.3, -0.25) is 4.31 Å². The average molecular weight is 502 g/mol. The number of ether oxygens (including phenoxy) is 1. The summed E-state index contributed by atoms with van der Waals surface area (Å²) in [5.41, 5.74) is 4.01. The Morgan fingerprint density at radius 1 is 1.14 bits per heavy atom. The van der Waals surface area contributed by atoms with E-state index in [1.54, 1.807) is 38.1 Å². The minimum atomic E-state index is -4.19. The van der Waals surface area contributed by atoms with Gasteiger partial charge in [-0.05, 0) is 98.7 Å². The van der Waals surface area contributed by atoms with Crippen molar-refractivity contribution in [2.45, 2.75) is 57.9 Å². The summed E-state index contributed by atoms with van der Waals surface area (Å²) < 4.78 is 53.9. The summed E-state index contributed by atoms with van der Waals surface area (Å²) in [5.74, 6) is -0.266. The van der Waals surface area contributed by atoms with Crippen molar-refractivity contribution < 1.29 is 31.9 Å². The second-order valence-corrected chi connectivity index (χ2v) is 10.7. The van der Waals surface area contributed by atoms with Crippen molar-refractivity contribution in [1.82, 2.24) is 0 Å². The molecule has 1 unspecified atom stereocenters. The van der Waals surface area contributed by atoms with Crippen molar-refractivity contribution in [2.24, 2.45) is 0 Å². The van der Waals surface area contributed by atoms with Gasteiger partial charge < -0.3 is 14.3 Å². The lowest BCUT2D eigenvalue weighted by atomic mass is 10.1. The van der Waals surface area contributed by atoms with Gasteiger partial charge >= 0.3 is 5.97 Å². The Morgan fingerprint density at radius 3 is 2.46 bits per heavy atom. The number of hydrogen-bond donors (Lipinski definition) is 1. The summed E-state index contributed by atoms with van der Waals surface area (Å²) in [4.78, 5) is 11.2. The third-order valence-corrected chi connectivity index (χ3v) is 7.75. The molecule has 35 heavy (non-hydrogen) atoms. The van der Waals surface area contributed by atoms with Crippen LogP contribution < -0.4 is 9.04 Å². The summed E-state index contributed by atoms with van der Waals surface area (Å²) in [7, 11) is -4.19. The highest BCUT2D eigenvalue weighted by atomic mass is 32.2. The fourth-order valence-electron chi connectivity index (χ4n) is 4.26. The fraction of sp³-hybridized carbons (Fsp3) is 0.346. The normalized spacial score (nSPS) is 13.9. The third-order valence-electron chi connectivity index (χ3n) is 6.09. The molecular formula is C26H28FNO6S. The van der Waals surface area contributed by atoms with Crippen molar-refractivity contribution in [1.29, 1.82) is 0 Å². The van der Waals surface area contributed by atoms with Crippen LogP contribution in [-0.2, 0) is 29.5 Å². The number of anilines is 1. The van der Waals surface area contributed by atoms with Crippen molar-refractivity contribution in [3.05, 3.63) is 76.0 Å². The van der Waals surface area contributed by atoms with Crippen LogP contribution in [0.4, 0.5) is 10.1 Å². The molecule has 7 nitrogen and oxygen atoms in total. The van der Waals surface area contributed by atoms with E-state index < -0.39 is 28.7 Å².